The summed E-state index contributed by atoms with van der Waals surface area (Å²) >= 11 is 3.28. The lowest BCUT2D eigenvalue weighted by atomic mass is 10.1. The van der Waals surface area contributed by atoms with Crippen molar-refractivity contribution in [3.8, 4) is 0 Å². The van der Waals surface area contributed by atoms with Crippen LogP contribution in [0.3, 0.4) is 0 Å². The molecule has 5 heteroatoms. The molecule has 0 amide bonds. The van der Waals surface area contributed by atoms with Gasteiger partial charge in [-0.3, -0.25) is 4.72 Å². The Morgan fingerprint density at radius 3 is 2.16 bits per heavy atom. The predicted octanol–water partition coefficient (Wildman–Crippen LogP) is 3.87. The maximum atomic E-state index is 12.2. The van der Waals surface area contributed by atoms with E-state index in [2.05, 4.69) is 20.7 Å². The van der Waals surface area contributed by atoms with Crippen LogP contribution in [0.5, 0.6) is 0 Å². The summed E-state index contributed by atoms with van der Waals surface area (Å²) in [5, 5.41) is 0. The zero-order chi connectivity index (χ0) is 14.0. The molecule has 100 valence electrons. The largest absolute Gasteiger partial charge is 0.280 e. The number of nitrogens with one attached hydrogen (secondary N) is 1. The Hall–Kier alpha value is -1.33. The number of hydrogen-bond acceptors (Lipinski definition) is 2. The van der Waals surface area contributed by atoms with Gasteiger partial charge in [0.25, 0.3) is 10.0 Å². The Bertz CT molecular complexity index is 694. The second-order valence-electron chi connectivity index (χ2n) is 4.36. The van der Waals surface area contributed by atoms with Crippen LogP contribution < -0.4 is 4.72 Å². The van der Waals surface area contributed by atoms with Crippen molar-refractivity contribution in [2.24, 2.45) is 0 Å². The van der Waals surface area contributed by atoms with Gasteiger partial charge in [0.05, 0.1) is 4.90 Å². The van der Waals surface area contributed by atoms with Crippen LogP contribution in [-0.4, -0.2) is 8.42 Å². The van der Waals surface area contributed by atoms with Crippen LogP contribution in [0.15, 0.2) is 51.8 Å². The van der Waals surface area contributed by atoms with Gasteiger partial charge in [0.15, 0.2) is 0 Å². The lowest BCUT2D eigenvalue weighted by Gasteiger charge is -2.10. The summed E-state index contributed by atoms with van der Waals surface area (Å²) in [7, 11) is -3.53. The van der Waals surface area contributed by atoms with Crippen LogP contribution in [0.2, 0.25) is 0 Å². The number of anilines is 1. The van der Waals surface area contributed by atoms with E-state index in [1.807, 2.05) is 26.0 Å². The number of benzene rings is 2. The lowest BCUT2D eigenvalue weighted by molar-refractivity contribution is 0.601. The van der Waals surface area contributed by atoms with Crippen molar-refractivity contribution in [1.82, 2.24) is 0 Å². The van der Waals surface area contributed by atoms with Gasteiger partial charge in [-0.1, -0.05) is 22.0 Å². The molecule has 0 aliphatic carbocycles. The minimum absolute atomic E-state index is 0.244. The van der Waals surface area contributed by atoms with Gasteiger partial charge in [-0.05, 0) is 61.4 Å². The molecule has 0 saturated heterocycles. The third-order valence-electron chi connectivity index (χ3n) is 2.88. The standard InChI is InChI=1S/C14H14BrNO2S/c1-10-3-6-13(9-11(10)2)16-19(17,18)14-7-4-12(15)5-8-14/h3-9,16H,1-2H3. The summed E-state index contributed by atoms with van der Waals surface area (Å²) in [6, 6.07) is 12.0. The third kappa shape index (κ3) is 3.36. The van der Waals surface area contributed by atoms with E-state index in [0.29, 0.717) is 5.69 Å². The molecule has 2 rings (SSSR count). The van der Waals surface area contributed by atoms with Gasteiger partial charge in [0.2, 0.25) is 0 Å². The highest BCUT2D eigenvalue weighted by atomic mass is 79.9. The van der Waals surface area contributed by atoms with Crippen molar-refractivity contribution in [2.75, 3.05) is 4.72 Å². The van der Waals surface area contributed by atoms with E-state index in [1.165, 1.54) is 0 Å². The summed E-state index contributed by atoms with van der Waals surface area (Å²) in [5.74, 6) is 0. The summed E-state index contributed by atoms with van der Waals surface area (Å²) in [5.41, 5.74) is 2.76. The van der Waals surface area contributed by atoms with Crippen LogP contribution in [-0.2, 0) is 10.0 Å². The molecule has 0 fully saturated rings. The van der Waals surface area contributed by atoms with Crippen molar-refractivity contribution in [1.29, 1.82) is 0 Å². The fourth-order valence-corrected chi connectivity index (χ4v) is 2.95. The molecule has 0 radical (unpaired) electrons. The second kappa shape index (κ2) is 5.35. The van der Waals surface area contributed by atoms with Crippen molar-refractivity contribution in [3.63, 3.8) is 0 Å². The molecular weight excluding hydrogens is 326 g/mol. The Labute approximate surface area is 121 Å². The Morgan fingerprint density at radius 2 is 1.58 bits per heavy atom. The highest BCUT2D eigenvalue weighted by Crippen LogP contribution is 2.20. The zero-order valence-corrected chi connectivity index (χ0v) is 13.0. The van der Waals surface area contributed by atoms with Gasteiger partial charge >= 0.3 is 0 Å². The van der Waals surface area contributed by atoms with Crippen LogP contribution in [0, 0.1) is 13.8 Å². The topological polar surface area (TPSA) is 46.2 Å². The minimum atomic E-state index is -3.53. The highest BCUT2D eigenvalue weighted by Gasteiger charge is 2.13. The number of aryl methyl sites for hydroxylation is 2. The van der Waals surface area contributed by atoms with Gasteiger partial charge in [-0.25, -0.2) is 8.42 Å². The number of sulfonamides is 1. The molecular formula is C14H14BrNO2S. The first-order valence-electron chi connectivity index (χ1n) is 5.74. The van der Waals surface area contributed by atoms with Crippen molar-refractivity contribution >= 4 is 31.6 Å². The Kier molecular flexibility index (Phi) is 3.96. The monoisotopic (exact) mass is 339 g/mol. The normalized spacial score (nSPS) is 11.3. The number of rotatable bonds is 3. The van der Waals surface area contributed by atoms with Crippen molar-refractivity contribution < 1.29 is 8.42 Å². The Morgan fingerprint density at radius 1 is 0.947 bits per heavy atom. The molecule has 0 atom stereocenters. The van der Waals surface area contributed by atoms with E-state index in [-0.39, 0.29) is 4.90 Å². The lowest BCUT2D eigenvalue weighted by Crippen LogP contribution is -2.12. The molecule has 1 N–H and O–H groups in total. The molecule has 0 spiro atoms. The fourth-order valence-electron chi connectivity index (χ4n) is 1.63. The first kappa shape index (κ1) is 14.1. The van der Waals surface area contributed by atoms with Crippen LogP contribution in [0.4, 0.5) is 5.69 Å². The van der Waals surface area contributed by atoms with Crippen molar-refractivity contribution in [2.45, 2.75) is 18.7 Å². The quantitative estimate of drug-likeness (QED) is 0.922. The smallest absolute Gasteiger partial charge is 0.261 e. The van der Waals surface area contributed by atoms with E-state index < -0.39 is 10.0 Å². The molecule has 2 aromatic carbocycles. The van der Waals surface area contributed by atoms with Gasteiger partial charge in [0.1, 0.15) is 0 Å². The molecule has 3 nitrogen and oxygen atoms in total. The van der Waals surface area contributed by atoms with Gasteiger partial charge in [-0.2, -0.15) is 0 Å². The summed E-state index contributed by atoms with van der Waals surface area (Å²) in [6.07, 6.45) is 0. The van der Waals surface area contributed by atoms with E-state index in [4.69, 9.17) is 0 Å². The van der Waals surface area contributed by atoms with Crippen molar-refractivity contribution in [3.05, 3.63) is 58.1 Å². The van der Waals surface area contributed by atoms with Gasteiger partial charge in [-0.15, -0.1) is 0 Å². The second-order valence-corrected chi connectivity index (χ2v) is 6.96. The van der Waals surface area contributed by atoms with Gasteiger partial charge in [0, 0.05) is 10.2 Å². The van der Waals surface area contributed by atoms with Crippen LogP contribution in [0.1, 0.15) is 11.1 Å². The molecule has 0 saturated carbocycles. The molecule has 2 aromatic rings. The first-order chi connectivity index (χ1) is 8.88. The molecule has 19 heavy (non-hydrogen) atoms. The molecule has 0 bridgehead atoms. The first-order valence-corrected chi connectivity index (χ1v) is 8.02. The maximum absolute atomic E-state index is 12.2. The highest BCUT2D eigenvalue weighted by molar-refractivity contribution is 9.10. The zero-order valence-electron chi connectivity index (χ0n) is 10.6. The molecule has 0 unspecified atom stereocenters. The Balaban J connectivity index is 2.30. The summed E-state index contributed by atoms with van der Waals surface area (Å²) < 4.78 is 27.8. The van der Waals surface area contributed by atoms with Crippen LogP contribution in [0.25, 0.3) is 0 Å². The molecule has 0 aliphatic rings. The molecule has 0 heterocycles. The minimum Gasteiger partial charge on any atom is -0.280 e. The van der Waals surface area contributed by atoms with E-state index in [1.54, 1.807) is 30.3 Å². The number of hydrogen-bond donors (Lipinski definition) is 1. The molecule has 0 aliphatic heterocycles. The average molecular weight is 340 g/mol. The maximum Gasteiger partial charge on any atom is 0.261 e. The van der Waals surface area contributed by atoms with E-state index >= 15 is 0 Å². The average Bonchev–Trinajstić information content (AvgIpc) is 2.34. The van der Waals surface area contributed by atoms with E-state index in [9.17, 15) is 8.42 Å². The summed E-state index contributed by atoms with van der Waals surface area (Å²) in [4.78, 5) is 0.244. The fraction of sp³-hybridized carbons (Fsp3) is 0.143. The SMILES string of the molecule is Cc1ccc(NS(=O)(=O)c2ccc(Br)cc2)cc1C. The summed E-state index contributed by atoms with van der Waals surface area (Å²) in [6.45, 7) is 3.94. The van der Waals surface area contributed by atoms with Crippen LogP contribution >= 0.6 is 15.9 Å². The third-order valence-corrected chi connectivity index (χ3v) is 4.81. The number of halogens is 1. The van der Waals surface area contributed by atoms with E-state index in [0.717, 1.165) is 15.6 Å². The molecule has 0 aromatic heterocycles. The predicted molar refractivity (Wildman–Crippen MR) is 80.9 cm³/mol. The van der Waals surface area contributed by atoms with Gasteiger partial charge < -0.3 is 0 Å².